The van der Waals surface area contributed by atoms with Crippen molar-refractivity contribution < 1.29 is 9.53 Å². The van der Waals surface area contributed by atoms with Crippen molar-refractivity contribution in [3.8, 4) is 0 Å². The fourth-order valence-corrected chi connectivity index (χ4v) is 4.63. The summed E-state index contributed by atoms with van der Waals surface area (Å²) in [4.78, 5) is 22.8. The summed E-state index contributed by atoms with van der Waals surface area (Å²) in [5.74, 6) is 0.172. The molecule has 3 rings (SSSR count). The fraction of sp³-hybridized carbons (Fsp3) is 0.731. The van der Waals surface area contributed by atoms with Gasteiger partial charge >= 0.3 is 0 Å². The summed E-state index contributed by atoms with van der Waals surface area (Å²) in [5.41, 5.74) is 2.04. The zero-order valence-electron chi connectivity index (χ0n) is 20.6. The van der Waals surface area contributed by atoms with E-state index in [9.17, 15) is 4.79 Å². The largest absolute Gasteiger partial charge is 0.379 e. The van der Waals surface area contributed by atoms with E-state index in [1.165, 1.54) is 24.9 Å². The third kappa shape index (κ3) is 7.46. The SMILES string of the molecule is CCCCCCN(CCN1CCOCC1)C(=O)c1ccc(N2CCN(C(C)C)CC2)cc1. The van der Waals surface area contributed by atoms with Crippen LogP contribution in [0.1, 0.15) is 56.8 Å². The van der Waals surface area contributed by atoms with Crippen molar-refractivity contribution in [3.63, 3.8) is 0 Å². The van der Waals surface area contributed by atoms with Gasteiger partial charge in [-0.1, -0.05) is 26.2 Å². The number of amides is 1. The Morgan fingerprint density at radius 2 is 1.62 bits per heavy atom. The van der Waals surface area contributed by atoms with Crippen LogP contribution in [0.15, 0.2) is 24.3 Å². The Hall–Kier alpha value is -1.63. The topological polar surface area (TPSA) is 39.3 Å². The van der Waals surface area contributed by atoms with Crippen LogP contribution in [0.4, 0.5) is 5.69 Å². The van der Waals surface area contributed by atoms with E-state index in [1.54, 1.807) is 0 Å². The van der Waals surface area contributed by atoms with Crippen LogP contribution in [-0.2, 0) is 4.74 Å². The molecule has 0 saturated carbocycles. The number of nitrogens with zero attached hydrogens (tertiary/aromatic N) is 4. The molecule has 0 radical (unpaired) electrons. The van der Waals surface area contributed by atoms with Crippen molar-refractivity contribution in [1.82, 2.24) is 14.7 Å². The molecule has 0 aliphatic carbocycles. The van der Waals surface area contributed by atoms with Crippen LogP contribution in [0.5, 0.6) is 0 Å². The molecule has 2 aliphatic rings. The molecule has 1 amide bonds. The van der Waals surface area contributed by atoms with Crippen molar-refractivity contribution in [2.24, 2.45) is 0 Å². The fourth-order valence-electron chi connectivity index (χ4n) is 4.63. The summed E-state index contributed by atoms with van der Waals surface area (Å²) in [5, 5.41) is 0. The van der Waals surface area contributed by atoms with Gasteiger partial charge in [0.1, 0.15) is 0 Å². The minimum Gasteiger partial charge on any atom is -0.379 e. The summed E-state index contributed by atoms with van der Waals surface area (Å²) in [7, 11) is 0. The van der Waals surface area contributed by atoms with E-state index in [4.69, 9.17) is 4.74 Å². The quantitative estimate of drug-likeness (QED) is 0.488. The smallest absolute Gasteiger partial charge is 0.253 e. The molecule has 0 N–H and O–H groups in total. The molecule has 1 aromatic rings. The van der Waals surface area contributed by atoms with E-state index in [0.717, 1.165) is 84.1 Å². The third-order valence-electron chi connectivity index (χ3n) is 6.88. The zero-order valence-corrected chi connectivity index (χ0v) is 20.6. The highest BCUT2D eigenvalue weighted by molar-refractivity contribution is 5.94. The summed E-state index contributed by atoms with van der Waals surface area (Å²) in [6.07, 6.45) is 4.74. The summed E-state index contributed by atoms with van der Waals surface area (Å²) in [6, 6.07) is 8.93. The molecule has 0 bridgehead atoms. The number of morpholine rings is 1. The normalized spacial score (nSPS) is 18.3. The molecule has 2 saturated heterocycles. The number of carbonyl (C=O) groups is 1. The monoisotopic (exact) mass is 444 g/mol. The average molecular weight is 445 g/mol. The molecule has 6 heteroatoms. The maximum Gasteiger partial charge on any atom is 0.253 e. The van der Waals surface area contributed by atoms with Crippen LogP contribution in [0.3, 0.4) is 0 Å². The molecule has 2 aliphatic heterocycles. The van der Waals surface area contributed by atoms with Crippen LogP contribution in [0.2, 0.25) is 0 Å². The Morgan fingerprint density at radius 3 is 2.25 bits per heavy atom. The summed E-state index contributed by atoms with van der Waals surface area (Å²) >= 11 is 0. The van der Waals surface area contributed by atoms with E-state index in [0.29, 0.717) is 6.04 Å². The molecular weight excluding hydrogens is 400 g/mol. The highest BCUT2D eigenvalue weighted by atomic mass is 16.5. The van der Waals surface area contributed by atoms with Crippen molar-refractivity contribution >= 4 is 11.6 Å². The molecule has 0 aromatic heterocycles. The van der Waals surface area contributed by atoms with E-state index < -0.39 is 0 Å². The second kappa shape index (κ2) is 13.2. The second-order valence-electron chi connectivity index (χ2n) is 9.47. The molecule has 0 atom stereocenters. The Morgan fingerprint density at radius 1 is 0.938 bits per heavy atom. The van der Waals surface area contributed by atoms with Gasteiger partial charge < -0.3 is 14.5 Å². The highest BCUT2D eigenvalue weighted by Crippen LogP contribution is 2.19. The minimum absolute atomic E-state index is 0.172. The van der Waals surface area contributed by atoms with E-state index in [-0.39, 0.29) is 5.91 Å². The van der Waals surface area contributed by atoms with Gasteiger partial charge in [-0.2, -0.15) is 0 Å². The van der Waals surface area contributed by atoms with Gasteiger partial charge in [-0.05, 0) is 44.5 Å². The van der Waals surface area contributed by atoms with Crippen LogP contribution in [-0.4, -0.2) is 98.8 Å². The number of anilines is 1. The maximum absolute atomic E-state index is 13.3. The molecule has 6 nitrogen and oxygen atoms in total. The standard InChI is InChI=1S/C26H44N4O2/c1-4-5-6-7-12-30(14-13-27-19-21-32-22-20-27)26(31)24-8-10-25(11-9-24)29-17-15-28(16-18-29)23(2)3/h8-11,23H,4-7,12-22H2,1-3H3. The molecule has 2 heterocycles. The molecule has 1 aromatic carbocycles. The van der Waals surface area contributed by atoms with Gasteiger partial charge in [-0.15, -0.1) is 0 Å². The Bertz CT molecular complexity index is 665. The first-order valence-electron chi connectivity index (χ1n) is 12.8. The number of hydrogen-bond acceptors (Lipinski definition) is 5. The zero-order chi connectivity index (χ0) is 22.8. The molecule has 32 heavy (non-hydrogen) atoms. The summed E-state index contributed by atoms with van der Waals surface area (Å²) < 4.78 is 5.46. The molecule has 0 spiro atoms. The van der Waals surface area contributed by atoms with Gasteiger partial charge in [-0.25, -0.2) is 0 Å². The van der Waals surface area contributed by atoms with E-state index in [1.807, 2.05) is 12.1 Å². The lowest BCUT2D eigenvalue weighted by molar-refractivity contribution is 0.0324. The number of hydrogen-bond donors (Lipinski definition) is 0. The number of carbonyl (C=O) groups excluding carboxylic acids is 1. The highest BCUT2D eigenvalue weighted by Gasteiger charge is 2.21. The Kier molecular flexibility index (Phi) is 10.3. The Labute approximate surface area is 195 Å². The number of unbranched alkanes of at least 4 members (excludes halogenated alkanes) is 3. The number of benzene rings is 1. The van der Waals surface area contributed by atoms with Crippen molar-refractivity contribution in [2.45, 2.75) is 52.5 Å². The number of rotatable bonds is 11. The van der Waals surface area contributed by atoms with E-state index >= 15 is 0 Å². The van der Waals surface area contributed by atoms with Gasteiger partial charge in [-0.3, -0.25) is 14.6 Å². The van der Waals surface area contributed by atoms with Crippen LogP contribution in [0.25, 0.3) is 0 Å². The predicted molar refractivity (Wildman–Crippen MR) is 133 cm³/mol. The first kappa shape index (κ1) is 25.0. The maximum atomic E-state index is 13.3. The van der Waals surface area contributed by atoms with Crippen molar-refractivity contribution in [3.05, 3.63) is 29.8 Å². The first-order chi connectivity index (χ1) is 15.6. The molecule has 2 fully saturated rings. The van der Waals surface area contributed by atoms with Crippen LogP contribution >= 0.6 is 0 Å². The van der Waals surface area contributed by atoms with Gasteiger partial charge in [0.15, 0.2) is 0 Å². The van der Waals surface area contributed by atoms with Gasteiger partial charge in [0.25, 0.3) is 5.91 Å². The Balaban J connectivity index is 1.57. The number of piperazine rings is 1. The van der Waals surface area contributed by atoms with Gasteiger partial charge in [0.05, 0.1) is 13.2 Å². The lowest BCUT2D eigenvalue weighted by atomic mass is 10.1. The summed E-state index contributed by atoms with van der Waals surface area (Å²) in [6.45, 7) is 17.2. The van der Waals surface area contributed by atoms with Crippen LogP contribution < -0.4 is 4.90 Å². The average Bonchev–Trinajstić information content (AvgIpc) is 2.84. The first-order valence-corrected chi connectivity index (χ1v) is 12.8. The van der Waals surface area contributed by atoms with Crippen molar-refractivity contribution in [1.29, 1.82) is 0 Å². The van der Waals surface area contributed by atoms with Crippen LogP contribution in [0, 0.1) is 0 Å². The second-order valence-corrected chi connectivity index (χ2v) is 9.47. The molecule has 180 valence electrons. The van der Waals surface area contributed by atoms with Gasteiger partial charge in [0.2, 0.25) is 0 Å². The lowest BCUT2D eigenvalue weighted by Crippen LogP contribution is -2.48. The molecule has 0 unspecified atom stereocenters. The number of ether oxygens (including phenoxy) is 1. The van der Waals surface area contributed by atoms with E-state index in [2.05, 4.69) is 52.5 Å². The third-order valence-corrected chi connectivity index (χ3v) is 6.88. The molecular formula is C26H44N4O2. The lowest BCUT2D eigenvalue weighted by Gasteiger charge is -2.38. The van der Waals surface area contributed by atoms with Crippen molar-refractivity contribution in [2.75, 3.05) is 77.0 Å². The van der Waals surface area contributed by atoms with Gasteiger partial charge in [0, 0.05) is 76.2 Å². The predicted octanol–water partition coefficient (Wildman–Crippen LogP) is 3.57. The minimum atomic E-state index is 0.172.